The summed E-state index contributed by atoms with van der Waals surface area (Å²) in [5, 5.41) is 24.5. The van der Waals surface area contributed by atoms with Gasteiger partial charge in [0.25, 0.3) is 11.2 Å². The predicted octanol–water partition coefficient (Wildman–Crippen LogP) is 2.60. The predicted molar refractivity (Wildman–Crippen MR) is 142 cm³/mol. The summed E-state index contributed by atoms with van der Waals surface area (Å²) < 4.78 is 6.95. The fourth-order valence-electron chi connectivity index (χ4n) is 5.06. The van der Waals surface area contributed by atoms with Crippen LogP contribution < -0.4 is 10.5 Å². The minimum absolute atomic E-state index is 0.0661. The maximum atomic E-state index is 13.5. The van der Waals surface area contributed by atoms with Crippen LogP contribution in [0.5, 0.6) is 0 Å². The molecule has 1 fully saturated rings. The van der Waals surface area contributed by atoms with Crippen LogP contribution in [0.1, 0.15) is 28.6 Å². The topological polar surface area (TPSA) is 135 Å². The monoisotopic (exact) mass is 518 g/mol. The fraction of sp³-hybridized carbons (Fsp3) is 0.385. The number of tetrazole rings is 1. The van der Waals surface area contributed by atoms with Crippen LogP contribution in [0.3, 0.4) is 0 Å². The molecule has 38 heavy (non-hydrogen) atoms. The van der Waals surface area contributed by atoms with Crippen LogP contribution in [0.2, 0.25) is 0 Å². The van der Waals surface area contributed by atoms with Crippen molar-refractivity contribution in [3.8, 4) is 0 Å². The van der Waals surface area contributed by atoms with Crippen molar-refractivity contribution in [2.45, 2.75) is 26.4 Å². The zero-order valence-electron chi connectivity index (χ0n) is 21.6. The zero-order valence-corrected chi connectivity index (χ0v) is 21.6. The maximum absolute atomic E-state index is 13.5. The van der Waals surface area contributed by atoms with E-state index in [4.69, 9.17) is 4.74 Å². The molecule has 1 N–H and O–H groups in total. The standard InChI is InChI=1S/C26H30N8O4/c1-17-4-5-18(2)23-21(17)16-22(26(35)27-23)24(25-28-29-30-33(25)14-15-38-3)32-12-10-31(11-13-32)19-6-8-20(9-7-19)34(36)37/h4-9,16,24H,10-15H2,1-3H3,(H,27,35)/t24-/m0/s1. The lowest BCUT2D eigenvalue weighted by Crippen LogP contribution is -2.49. The first-order chi connectivity index (χ1) is 18.4. The molecule has 0 aliphatic carbocycles. The quantitative estimate of drug-likeness (QED) is 0.276. The fourth-order valence-corrected chi connectivity index (χ4v) is 5.06. The Morgan fingerprint density at radius 3 is 2.47 bits per heavy atom. The number of nitrogens with one attached hydrogen (secondary N) is 1. The summed E-state index contributed by atoms with van der Waals surface area (Å²) in [5.41, 5.74) is 4.32. The van der Waals surface area contributed by atoms with Gasteiger partial charge in [0.15, 0.2) is 5.82 Å². The molecule has 1 atom stereocenters. The number of benzene rings is 2. The molecule has 1 aliphatic rings. The summed E-state index contributed by atoms with van der Waals surface area (Å²) in [6.07, 6.45) is 0. The molecule has 0 bridgehead atoms. The van der Waals surface area contributed by atoms with E-state index in [0.717, 1.165) is 27.7 Å². The number of fused-ring (bicyclic) bond motifs is 1. The molecular formula is C26H30N8O4. The number of hydrogen-bond acceptors (Lipinski definition) is 9. The van der Waals surface area contributed by atoms with Crippen LogP contribution in [0.4, 0.5) is 11.4 Å². The molecule has 5 rings (SSSR count). The lowest BCUT2D eigenvalue weighted by molar-refractivity contribution is -0.384. The number of aryl methyl sites for hydroxylation is 2. The molecule has 0 spiro atoms. The van der Waals surface area contributed by atoms with Gasteiger partial charge < -0.3 is 14.6 Å². The minimum atomic E-state index is -0.464. The Kier molecular flexibility index (Phi) is 7.16. The van der Waals surface area contributed by atoms with Crippen LogP contribution in [0.25, 0.3) is 10.9 Å². The number of nitro benzene ring substituents is 1. The molecule has 2 aromatic carbocycles. The van der Waals surface area contributed by atoms with E-state index in [9.17, 15) is 14.9 Å². The van der Waals surface area contributed by atoms with Gasteiger partial charge in [-0.3, -0.25) is 19.8 Å². The minimum Gasteiger partial charge on any atom is -0.383 e. The van der Waals surface area contributed by atoms with Gasteiger partial charge in [-0.25, -0.2) is 4.68 Å². The van der Waals surface area contributed by atoms with Crippen molar-refractivity contribution in [2.24, 2.45) is 0 Å². The van der Waals surface area contributed by atoms with Crippen LogP contribution in [0.15, 0.2) is 47.3 Å². The van der Waals surface area contributed by atoms with Gasteiger partial charge >= 0.3 is 0 Å². The second-order valence-electron chi connectivity index (χ2n) is 9.49. The largest absolute Gasteiger partial charge is 0.383 e. The number of aromatic nitrogens is 5. The van der Waals surface area contributed by atoms with Crippen LogP contribution in [0, 0.1) is 24.0 Å². The summed E-state index contributed by atoms with van der Waals surface area (Å²) >= 11 is 0. The molecule has 0 radical (unpaired) electrons. The summed E-state index contributed by atoms with van der Waals surface area (Å²) in [6, 6.07) is 12.2. The highest BCUT2D eigenvalue weighted by Crippen LogP contribution is 2.30. The first-order valence-electron chi connectivity index (χ1n) is 12.5. The van der Waals surface area contributed by atoms with Gasteiger partial charge in [-0.15, -0.1) is 5.10 Å². The Bertz CT molecular complexity index is 1510. The number of methoxy groups -OCH3 is 1. The molecule has 4 aromatic rings. The van der Waals surface area contributed by atoms with Gasteiger partial charge in [0.1, 0.15) is 6.04 Å². The summed E-state index contributed by atoms with van der Waals surface area (Å²) in [6.45, 7) is 7.55. The third kappa shape index (κ3) is 4.87. The third-order valence-electron chi connectivity index (χ3n) is 7.18. The number of anilines is 1. The number of hydrogen-bond donors (Lipinski definition) is 1. The van der Waals surface area contributed by atoms with E-state index in [1.807, 2.05) is 26.0 Å². The van der Waals surface area contributed by atoms with E-state index in [-0.39, 0.29) is 11.2 Å². The average molecular weight is 519 g/mol. The smallest absolute Gasteiger partial charge is 0.269 e. The van der Waals surface area contributed by atoms with E-state index >= 15 is 0 Å². The van der Waals surface area contributed by atoms with Gasteiger partial charge in [-0.2, -0.15) is 0 Å². The van der Waals surface area contributed by atoms with Crippen molar-refractivity contribution in [2.75, 3.05) is 44.8 Å². The maximum Gasteiger partial charge on any atom is 0.269 e. The number of ether oxygens (including phenoxy) is 1. The Morgan fingerprint density at radius 2 is 1.79 bits per heavy atom. The summed E-state index contributed by atoms with van der Waals surface area (Å²) in [5.74, 6) is 0.584. The molecule has 0 unspecified atom stereocenters. The second kappa shape index (κ2) is 10.7. The molecule has 1 saturated heterocycles. The zero-order chi connectivity index (χ0) is 26.8. The van der Waals surface area contributed by atoms with E-state index in [2.05, 4.69) is 36.4 Å². The first kappa shape index (κ1) is 25.5. The highest BCUT2D eigenvalue weighted by Gasteiger charge is 2.33. The van der Waals surface area contributed by atoms with Crippen molar-refractivity contribution in [3.05, 3.63) is 85.4 Å². The van der Waals surface area contributed by atoms with Gasteiger partial charge in [-0.1, -0.05) is 12.1 Å². The van der Waals surface area contributed by atoms with Crippen LogP contribution in [-0.4, -0.2) is 74.9 Å². The number of piperazine rings is 1. The molecule has 0 saturated carbocycles. The molecule has 3 heterocycles. The Morgan fingerprint density at radius 1 is 1.08 bits per heavy atom. The molecule has 1 aliphatic heterocycles. The lowest BCUT2D eigenvalue weighted by atomic mass is 9.99. The normalized spacial score (nSPS) is 15.2. The average Bonchev–Trinajstić information content (AvgIpc) is 3.39. The highest BCUT2D eigenvalue weighted by molar-refractivity contribution is 5.85. The number of nitrogens with zero attached hydrogens (tertiary/aromatic N) is 7. The SMILES string of the molecule is COCCn1nnnc1[C@H](c1cc2c(C)ccc(C)c2[nH]c1=O)N1CCN(c2ccc([N+](=O)[O-])cc2)CC1. The van der Waals surface area contributed by atoms with Crippen molar-refractivity contribution in [1.29, 1.82) is 0 Å². The van der Waals surface area contributed by atoms with E-state index in [1.54, 1.807) is 23.9 Å². The Hall–Kier alpha value is -4.16. The highest BCUT2D eigenvalue weighted by atomic mass is 16.6. The van der Waals surface area contributed by atoms with E-state index in [1.165, 1.54) is 12.1 Å². The van der Waals surface area contributed by atoms with Gasteiger partial charge in [0.2, 0.25) is 0 Å². The van der Waals surface area contributed by atoms with Crippen LogP contribution >= 0.6 is 0 Å². The van der Waals surface area contributed by atoms with Crippen molar-refractivity contribution >= 4 is 22.3 Å². The Balaban J connectivity index is 1.50. The molecule has 12 nitrogen and oxygen atoms in total. The molecule has 198 valence electrons. The lowest BCUT2D eigenvalue weighted by Gasteiger charge is -2.39. The Labute approximate surface area is 219 Å². The van der Waals surface area contributed by atoms with Crippen LogP contribution in [-0.2, 0) is 11.3 Å². The van der Waals surface area contributed by atoms with Crippen molar-refractivity contribution < 1.29 is 9.66 Å². The summed E-state index contributed by atoms with van der Waals surface area (Å²) in [4.78, 5) is 31.7. The van der Waals surface area contributed by atoms with Gasteiger partial charge in [0.05, 0.1) is 23.6 Å². The van der Waals surface area contributed by atoms with Gasteiger partial charge in [0, 0.05) is 62.1 Å². The number of pyridine rings is 1. The number of H-pyrrole nitrogens is 1. The third-order valence-corrected chi connectivity index (χ3v) is 7.18. The van der Waals surface area contributed by atoms with Gasteiger partial charge in [-0.05, 0) is 53.6 Å². The number of aromatic amines is 1. The number of rotatable bonds is 8. The molecule has 0 amide bonds. The number of nitro groups is 1. The second-order valence-corrected chi connectivity index (χ2v) is 9.49. The van der Waals surface area contributed by atoms with E-state index in [0.29, 0.717) is 50.7 Å². The van der Waals surface area contributed by atoms with Crippen molar-refractivity contribution in [1.82, 2.24) is 30.1 Å². The van der Waals surface area contributed by atoms with E-state index < -0.39 is 11.0 Å². The first-order valence-corrected chi connectivity index (χ1v) is 12.5. The van der Waals surface area contributed by atoms with Crippen molar-refractivity contribution in [3.63, 3.8) is 0 Å². The summed E-state index contributed by atoms with van der Waals surface area (Å²) in [7, 11) is 1.62. The molecule has 12 heteroatoms. The number of non-ortho nitro benzene ring substituents is 1. The molecular weight excluding hydrogens is 488 g/mol. The molecule has 2 aromatic heterocycles.